The lowest BCUT2D eigenvalue weighted by molar-refractivity contribution is 0.273. The Kier molecular flexibility index (Phi) is 3.92. The van der Waals surface area contributed by atoms with Gasteiger partial charge in [0.05, 0.1) is 24.2 Å². The minimum absolute atomic E-state index is 0.00854. The molecule has 0 spiro atoms. The summed E-state index contributed by atoms with van der Waals surface area (Å²) in [5, 5.41) is 17.8. The average molecular weight is 320 g/mol. The van der Waals surface area contributed by atoms with E-state index in [-0.39, 0.29) is 18.1 Å². The van der Waals surface area contributed by atoms with Crippen LogP contribution in [0, 0.1) is 0 Å². The number of nitrogens with one attached hydrogen (secondary N) is 1. The molecule has 3 aromatic heterocycles. The number of rotatable bonds is 5. The zero-order valence-corrected chi connectivity index (χ0v) is 13.7. The first-order chi connectivity index (χ1) is 10.5. The highest BCUT2D eigenvalue weighted by atomic mass is 32.1. The Balaban J connectivity index is 1.82. The molecule has 0 aliphatic carbocycles. The fourth-order valence-electron chi connectivity index (χ4n) is 2.17. The first-order valence-electron chi connectivity index (χ1n) is 7.25. The van der Waals surface area contributed by atoms with E-state index in [0.717, 1.165) is 21.5 Å². The van der Waals surface area contributed by atoms with Crippen molar-refractivity contribution in [3.8, 4) is 0 Å². The molecule has 1 atom stereocenters. The van der Waals surface area contributed by atoms with Gasteiger partial charge in [0.2, 0.25) is 10.1 Å². The molecule has 1 unspecified atom stereocenters. The monoisotopic (exact) mass is 320 g/mol. The minimum Gasteiger partial charge on any atom is -0.467 e. The molecule has 0 aliphatic heterocycles. The molecular weight excluding hydrogens is 300 g/mol. The van der Waals surface area contributed by atoms with Crippen molar-refractivity contribution in [3.05, 3.63) is 36.0 Å². The molecular formula is C15H20N4O2S. The van der Waals surface area contributed by atoms with E-state index < -0.39 is 0 Å². The number of aliphatic hydroxyl groups is 1. The van der Waals surface area contributed by atoms with Gasteiger partial charge < -0.3 is 14.8 Å². The topological polar surface area (TPSA) is 75.6 Å². The Morgan fingerprint density at radius 1 is 1.45 bits per heavy atom. The van der Waals surface area contributed by atoms with Crippen LogP contribution in [-0.4, -0.2) is 26.3 Å². The van der Waals surface area contributed by atoms with Gasteiger partial charge in [0.15, 0.2) is 0 Å². The number of aromatic nitrogens is 3. The first-order valence-corrected chi connectivity index (χ1v) is 8.06. The van der Waals surface area contributed by atoms with Crippen molar-refractivity contribution in [2.75, 3.05) is 11.9 Å². The van der Waals surface area contributed by atoms with E-state index >= 15 is 0 Å². The average Bonchev–Trinajstić information content (AvgIpc) is 3.12. The van der Waals surface area contributed by atoms with Crippen LogP contribution in [0.4, 0.5) is 5.13 Å². The number of furan rings is 1. The van der Waals surface area contributed by atoms with Gasteiger partial charge in [-0.3, -0.25) is 0 Å². The lowest BCUT2D eigenvalue weighted by Crippen LogP contribution is -2.12. The molecule has 3 aromatic rings. The van der Waals surface area contributed by atoms with E-state index in [1.165, 1.54) is 11.3 Å². The lowest BCUT2D eigenvalue weighted by atomic mass is 9.93. The maximum atomic E-state index is 9.22. The number of aliphatic hydroxyl groups excluding tert-OH is 1. The van der Waals surface area contributed by atoms with Gasteiger partial charge in [-0.25, -0.2) is 9.50 Å². The molecule has 3 heterocycles. The van der Waals surface area contributed by atoms with Crippen LogP contribution in [0.3, 0.4) is 0 Å². The van der Waals surface area contributed by atoms with Crippen molar-refractivity contribution >= 4 is 21.4 Å². The predicted octanol–water partition coefficient (Wildman–Crippen LogP) is 3.22. The third-order valence-corrected chi connectivity index (χ3v) is 4.27. The molecule has 7 heteroatoms. The highest BCUT2D eigenvalue weighted by Gasteiger charge is 2.21. The third kappa shape index (κ3) is 3.00. The summed E-state index contributed by atoms with van der Waals surface area (Å²) in [4.78, 5) is 5.48. The standard InChI is InChI=1S/C15H20N4O2S/c1-15(2,3)12-9-19-14(17-12)22-13(18-19)16-10(6-7-20)11-5-4-8-21-11/h4-5,8-10,20H,6-7H2,1-3H3,(H,16,18). The molecule has 0 amide bonds. The van der Waals surface area contributed by atoms with Gasteiger partial charge in [-0.05, 0) is 18.6 Å². The lowest BCUT2D eigenvalue weighted by Gasteiger charge is -2.14. The van der Waals surface area contributed by atoms with Gasteiger partial charge in [0.1, 0.15) is 5.76 Å². The molecule has 0 radical (unpaired) electrons. The summed E-state index contributed by atoms with van der Waals surface area (Å²) in [7, 11) is 0. The highest BCUT2D eigenvalue weighted by molar-refractivity contribution is 7.20. The molecule has 0 bridgehead atoms. The Labute approximate surface area is 132 Å². The third-order valence-electron chi connectivity index (χ3n) is 3.41. The Hall–Kier alpha value is -1.86. The van der Waals surface area contributed by atoms with Crippen LogP contribution < -0.4 is 5.32 Å². The fourth-order valence-corrected chi connectivity index (χ4v) is 3.01. The Morgan fingerprint density at radius 3 is 2.86 bits per heavy atom. The molecule has 3 rings (SSSR count). The van der Waals surface area contributed by atoms with Gasteiger partial charge in [-0.2, -0.15) is 0 Å². The van der Waals surface area contributed by atoms with Gasteiger partial charge in [0, 0.05) is 12.0 Å². The summed E-state index contributed by atoms with van der Waals surface area (Å²) in [5.41, 5.74) is 1.03. The SMILES string of the molecule is CC(C)(C)c1cn2nc(NC(CCO)c3ccco3)sc2n1. The zero-order valence-electron chi connectivity index (χ0n) is 12.9. The maximum absolute atomic E-state index is 9.22. The van der Waals surface area contributed by atoms with Crippen molar-refractivity contribution < 1.29 is 9.52 Å². The molecule has 0 saturated heterocycles. The molecule has 2 N–H and O–H groups in total. The molecule has 6 nitrogen and oxygen atoms in total. The summed E-state index contributed by atoms with van der Waals surface area (Å²) in [6.45, 7) is 6.47. The summed E-state index contributed by atoms with van der Waals surface area (Å²) in [5.74, 6) is 0.789. The van der Waals surface area contributed by atoms with E-state index in [4.69, 9.17) is 4.42 Å². The Morgan fingerprint density at radius 2 is 2.27 bits per heavy atom. The summed E-state index contributed by atoms with van der Waals surface area (Å²) in [6.07, 6.45) is 4.15. The van der Waals surface area contributed by atoms with Crippen molar-refractivity contribution in [2.45, 2.75) is 38.6 Å². The molecule has 0 fully saturated rings. The number of hydrogen-bond donors (Lipinski definition) is 2. The van der Waals surface area contributed by atoms with E-state index in [9.17, 15) is 5.11 Å². The quantitative estimate of drug-likeness (QED) is 0.755. The largest absolute Gasteiger partial charge is 0.467 e. The van der Waals surface area contributed by atoms with Gasteiger partial charge in [-0.15, -0.1) is 5.10 Å². The number of imidazole rings is 1. The number of anilines is 1. The highest BCUT2D eigenvalue weighted by Crippen LogP contribution is 2.28. The van der Waals surface area contributed by atoms with Crippen LogP contribution in [0.5, 0.6) is 0 Å². The van der Waals surface area contributed by atoms with Crippen LogP contribution in [0.2, 0.25) is 0 Å². The summed E-state index contributed by atoms with van der Waals surface area (Å²) in [6, 6.07) is 3.63. The van der Waals surface area contributed by atoms with E-state index in [2.05, 4.69) is 36.2 Å². The minimum atomic E-state index is -0.0991. The molecule has 22 heavy (non-hydrogen) atoms. The van der Waals surface area contributed by atoms with E-state index in [1.54, 1.807) is 10.8 Å². The van der Waals surface area contributed by atoms with Crippen LogP contribution in [-0.2, 0) is 5.41 Å². The fraction of sp³-hybridized carbons (Fsp3) is 0.467. The van der Waals surface area contributed by atoms with Crippen molar-refractivity contribution in [3.63, 3.8) is 0 Å². The van der Waals surface area contributed by atoms with Crippen molar-refractivity contribution in [1.29, 1.82) is 0 Å². The normalized spacial score (nSPS) is 13.6. The molecule has 0 aliphatic rings. The summed E-state index contributed by atoms with van der Waals surface area (Å²) >= 11 is 1.49. The van der Waals surface area contributed by atoms with Crippen LogP contribution >= 0.6 is 11.3 Å². The molecule has 118 valence electrons. The Bertz CT molecular complexity index is 708. The second kappa shape index (κ2) is 5.73. The van der Waals surface area contributed by atoms with Gasteiger partial charge in [0.25, 0.3) is 0 Å². The number of hydrogen-bond acceptors (Lipinski definition) is 6. The smallest absolute Gasteiger partial charge is 0.214 e. The number of nitrogens with zero attached hydrogens (tertiary/aromatic N) is 3. The second-order valence-corrected chi connectivity index (χ2v) is 7.19. The van der Waals surface area contributed by atoms with Crippen LogP contribution in [0.1, 0.15) is 44.7 Å². The van der Waals surface area contributed by atoms with Crippen LogP contribution in [0.15, 0.2) is 29.0 Å². The van der Waals surface area contributed by atoms with E-state index in [0.29, 0.717) is 6.42 Å². The first kappa shape index (κ1) is 15.1. The predicted molar refractivity (Wildman–Crippen MR) is 86.3 cm³/mol. The zero-order chi connectivity index (χ0) is 15.7. The summed E-state index contributed by atoms with van der Waals surface area (Å²) < 4.78 is 7.22. The maximum Gasteiger partial charge on any atom is 0.214 e. The number of fused-ring (bicyclic) bond motifs is 1. The molecule has 0 saturated carbocycles. The van der Waals surface area contributed by atoms with Crippen molar-refractivity contribution in [2.24, 2.45) is 0 Å². The van der Waals surface area contributed by atoms with Gasteiger partial charge >= 0.3 is 0 Å². The van der Waals surface area contributed by atoms with Crippen molar-refractivity contribution in [1.82, 2.24) is 14.6 Å². The second-order valence-electron chi connectivity index (χ2n) is 6.24. The van der Waals surface area contributed by atoms with Crippen LogP contribution in [0.25, 0.3) is 4.96 Å². The van der Waals surface area contributed by atoms with Gasteiger partial charge in [-0.1, -0.05) is 32.1 Å². The van der Waals surface area contributed by atoms with E-state index in [1.807, 2.05) is 18.3 Å². The molecule has 0 aromatic carbocycles.